The fraction of sp³-hybridized carbons (Fsp3) is 0.423. The Kier molecular flexibility index (Phi) is 4.63. The van der Waals surface area contributed by atoms with Gasteiger partial charge in [-0.15, -0.1) is 0 Å². The molecule has 2 aromatic heterocycles. The molecule has 3 aromatic rings. The Hall–Kier alpha value is -2.70. The van der Waals surface area contributed by atoms with E-state index in [1.54, 1.807) is 24.5 Å². The van der Waals surface area contributed by atoms with E-state index in [0.29, 0.717) is 19.0 Å². The van der Waals surface area contributed by atoms with Crippen molar-refractivity contribution in [2.75, 3.05) is 13.2 Å². The van der Waals surface area contributed by atoms with Gasteiger partial charge >= 0.3 is 0 Å². The van der Waals surface area contributed by atoms with Gasteiger partial charge in [0.05, 0.1) is 18.9 Å². The van der Waals surface area contributed by atoms with Crippen molar-refractivity contribution in [3.8, 4) is 11.4 Å². The zero-order valence-electron chi connectivity index (χ0n) is 18.1. The van der Waals surface area contributed by atoms with Gasteiger partial charge in [0, 0.05) is 41.9 Å². The zero-order valence-corrected chi connectivity index (χ0v) is 18.1. The van der Waals surface area contributed by atoms with Crippen molar-refractivity contribution in [1.29, 1.82) is 0 Å². The van der Waals surface area contributed by atoms with Crippen molar-refractivity contribution >= 4 is 0 Å². The van der Waals surface area contributed by atoms with Crippen molar-refractivity contribution in [2.24, 2.45) is 11.8 Å². The zero-order chi connectivity index (χ0) is 21.8. The molecule has 1 aromatic carbocycles. The van der Waals surface area contributed by atoms with Gasteiger partial charge in [-0.3, -0.25) is 4.98 Å². The molecule has 3 aliphatic rings. The van der Waals surface area contributed by atoms with Crippen LogP contribution in [0.25, 0.3) is 11.4 Å². The first-order valence-corrected chi connectivity index (χ1v) is 11.4. The summed E-state index contributed by atoms with van der Waals surface area (Å²) in [4.78, 5) is 14.1. The second-order valence-corrected chi connectivity index (χ2v) is 9.23. The van der Waals surface area contributed by atoms with Crippen LogP contribution in [0.4, 0.5) is 4.39 Å². The lowest BCUT2D eigenvalue weighted by molar-refractivity contribution is -0.232. The van der Waals surface area contributed by atoms with Crippen molar-refractivity contribution in [1.82, 2.24) is 15.0 Å². The van der Waals surface area contributed by atoms with Gasteiger partial charge in [-0.25, -0.2) is 14.4 Å². The third kappa shape index (κ3) is 2.86. The molecule has 2 fully saturated rings. The quantitative estimate of drug-likeness (QED) is 0.589. The number of fused-ring (bicyclic) bond motifs is 3. The van der Waals surface area contributed by atoms with Gasteiger partial charge in [-0.2, -0.15) is 0 Å². The SMILES string of the molecule is C[C@H]1[C@@H]2CCc3cnc(-c4cccnc4)nc3[C@@]2(c2ccc(F)cc2)CCC12OCCO2. The lowest BCUT2D eigenvalue weighted by atomic mass is 9.52. The smallest absolute Gasteiger partial charge is 0.171 e. The van der Waals surface area contributed by atoms with E-state index < -0.39 is 5.79 Å². The highest BCUT2D eigenvalue weighted by molar-refractivity contribution is 5.55. The third-order valence-electron chi connectivity index (χ3n) is 7.87. The minimum Gasteiger partial charge on any atom is -0.347 e. The molecule has 164 valence electrons. The largest absolute Gasteiger partial charge is 0.347 e. The molecule has 0 unspecified atom stereocenters. The first kappa shape index (κ1) is 19.9. The summed E-state index contributed by atoms with van der Waals surface area (Å²) in [6.45, 7) is 3.54. The maximum atomic E-state index is 13.9. The van der Waals surface area contributed by atoms with Crippen LogP contribution in [0.1, 0.15) is 43.0 Å². The molecule has 3 atom stereocenters. The molecule has 1 saturated carbocycles. The normalized spacial score (nSPS) is 28.3. The summed E-state index contributed by atoms with van der Waals surface area (Å²) in [6.07, 6.45) is 9.06. The fourth-order valence-electron chi connectivity index (χ4n) is 6.35. The van der Waals surface area contributed by atoms with Crippen LogP contribution in [-0.2, 0) is 21.3 Å². The van der Waals surface area contributed by atoms with Crippen LogP contribution in [0.2, 0.25) is 0 Å². The lowest BCUT2D eigenvalue weighted by Crippen LogP contribution is -2.57. The van der Waals surface area contributed by atoms with Crippen molar-refractivity contribution < 1.29 is 13.9 Å². The van der Waals surface area contributed by atoms with Crippen LogP contribution in [0.3, 0.4) is 0 Å². The van der Waals surface area contributed by atoms with Crippen LogP contribution in [0.5, 0.6) is 0 Å². The molecule has 1 aliphatic heterocycles. The number of aryl methyl sites for hydroxylation is 1. The Morgan fingerprint density at radius 3 is 2.59 bits per heavy atom. The topological polar surface area (TPSA) is 57.1 Å². The van der Waals surface area contributed by atoms with Gasteiger partial charge in [-0.1, -0.05) is 19.1 Å². The highest BCUT2D eigenvalue weighted by Crippen LogP contribution is 2.59. The predicted molar refractivity (Wildman–Crippen MR) is 117 cm³/mol. The van der Waals surface area contributed by atoms with Crippen LogP contribution >= 0.6 is 0 Å². The molecule has 1 spiro atoms. The number of hydrogen-bond donors (Lipinski definition) is 0. The maximum Gasteiger partial charge on any atom is 0.171 e. The molecule has 6 rings (SSSR count). The molecule has 3 heterocycles. The second kappa shape index (κ2) is 7.42. The van der Waals surface area contributed by atoms with Crippen LogP contribution < -0.4 is 0 Å². The van der Waals surface area contributed by atoms with Crippen molar-refractivity contribution in [3.63, 3.8) is 0 Å². The number of halogens is 1. The number of ether oxygens (including phenoxy) is 2. The van der Waals surface area contributed by atoms with Crippen LogP contribution in [0, 0.1) is 17.7 Å². The number of benzene rings is 1. The molecule has 2 aliphatic carbocycles. The first-order valence-electron chi connectivity index (χ1n) is 11.4. The highest BCUT2D eigenvalue weighted by Gasteiger charge is 2.60. The van der Waals surface area contributed by atoms with E-state index in [1.165, 1.54) is 5.56 Å². The number of hydrogen-bond acceptors (Lipinski definition) is 5. The molecular weight excluding hydrogens is 405 g/mol. The lowest BCUT2D eigenvalue weighted by Gasteiger charge is -2.55. The summed E-state index contributed by atoms with van der Waals surface area (Å²) in [7, 11) is 0. The number of nitrogens with zero attached hydrogens (tertiary/aromatic N) is 3. The minimum atomic E-state index is -0.523. The molecule has 0 bridgehead atoms. The number of aromatic nitrogens is 3. The molecule has 6 heteroatoms. The molecular formula is C26H26FN3O2. The summed E-state index contributed by atoms with van der Waals surface area (Å²) in [5.74, 6) is 0.391. The third-order valence-corrected chi connectivity index (χ3v) is 7.87. The molecule has 0 amide bonds. The molecule has 0 radical (unpaired) electrons. The Bertz CT molecular complexity index is 1130. The molecule has 0 N–H and O–H groups in total. The Morgan fingerprint density at radius 1 is 1.03 bits per heavy atom. The summed E-state index contributed by atoms with van der Waals surface area (Å²) in [5.41, 5.74) is 3.92. The van der Waals surface area contributed by atoms with E-state index >= 15 is 0 Å². The Balaban J connectivity index is 1.55. The van der Waals surface area contributed by atoms with E-state index in [-0.39, 0.29) is 23.1 Å². The van der Waals surface area contributed by atoms with E-state index in [4.69, 9.17) is 14.5 Å². The van der Waals surface area contributed by atoms with Crippen molar-refractivity contribution in [2.45, 2.75) is 43.8 Å². The van der Waals surface area contributed by atoms with Gasteiger partial charge in [0.15, 0.2) is 11.6 Å². The van der Waals surface area contributed by atoms with E-state index in [2.05, 4.69) is 16.9 Å². The first-order chi connectivity index (χ1) is 15.6. The number of pyridine rings is 1. The van der Waals surface area contributed by atoms with E-state index in [9.17, 15) is 4.39 Å². The van der Waals surface area contributed by atoms with Gasteiger partial charge in [-0.05, 0) is 60.6 Å². The number of rotatable bonds is 2. The average Bonchev–Trinajstić information content (AvgIpc) is 3.32. The van der Waals surface area contributed by atoms with Gasteiger partial charge < -0.3 is 9.47 Å². The van der Waals surface area contributed by atoms with Crippen molar-refractivity contribution in [3.05, 3.63) is 77.6 Å². The summed E-state index contributed by atoms with van der Waals surface area (Å²) in [6, 6.07) is 10.9. The van der Waals surface area contributed by atoms with E-state index in [1.807, 2.05) is 30.5 Å². The molecule has 5 nitrogen and oxygen atoms in total. The predicted octanol–water partition coefficient (Wildman–Crippen LogP) is 4.70. The fourth-order valence-corrected chi connectivity index (χ4v) is 6.35. The standard InChI is InChI=1S/C26H26FN3O2/c1-17-22-9-4-18-16-29-24(19-3-2-12-28-15-19)30-23(18)25(22,20-5-7-21(27)8-6-20)10-11-26(17)31-13-14-32-26/h2-3,5-8,12,15-17,22H,4,9-11,13-14H2,1H3/t17-,22-,25+/m0/s1. The highest BCUT2D eigenvalue weighted by atomic mass is 19.1. The van der Waals surface area contributed by atoms with E-state index in [0.717, 1.165) is 42.5 Å². The Morgan fingerprint density at radius 2 is 1.84 bits per heavy atom. The summed E-state index contributed by atoms with van der Waals surface area (Å²) >= 11 is 0. The van der Waals surface area contributed by atoms with Gasteiger partial charge in [0.2, 0.25) is 0 Å². The Labute approximate surface area is 187 Å². The average molecular weight is 432 g/mol. The van der Waals surface area contributed by atoms with Crippen LogP contribution in [0.15, 0.2) is 55.0 Å². The second-order valence-electron chi connectivity index (χ2n) is 9.23. The maximum absolute atomic E-state index is 13.9. The van der Waals surface area contributed by atoms with Gasteiger partial charge in [0.1, 0.15) is 5.82 Å². The summed E-state index contributed by atoms with van der Waals surface area (Å²) in [5, 5.41) is 0. The minimum absolute atomic E-state index is 0.189. The summed E-state index contributed by atoms with van der Waals surface area (Å²) < 4.78 is 26.3. The molecule has 1 saturated heterocycles. The molecule has 32 heavy (non-hydrogen) atoms. The monoisotopic (exact) mass is 431 g/mol. The van der Waals surface area contributed by atoms with Gasteiger partial charge in [0.25, 0.3) is 0 Å². The van der Waals surface area contributed by atoms with Crippen LogP contribution in [-0.4, -0.2) is 34.0 Å².